The standard InChI is InChI=1S/C16H17NO/c1-11-4-3-5-12(2)16(11)14-6-7-15(17)13(10-14)8-9-18/h3-7,9-10H,8,17H2,1-2H3. The number of rotatable bonds is 3. The first-order valence-electron chi connectivity index (χ1n) is 6.02. The summed E-state index contributed by atoms with van der Waals surface area (Å²) in [5, 5.41) is 0. The molecule has 0 saturated carbocycles. The van der Waals surface area contributed by atoms with Crippen LogP contribution in [0.1, 0.15) is 16.7 Å². The van der Waals surface area contributed by atoms with E-state index in [1.165, 1.54) is 16.7 Å². The normalized spacial score (nSPS) is 10.3. The molecule has 18 heavy (non-hydrogen) atoms. The quantitative estimate of drug-likeness (QED) is 0.659. The first-order chi connectivity index (χ1) is 8.63. The number of carbonyl (C=O) groups is 1. The van der Waals surface area contributed by atoms with Crippen molar-refractivity contribution in [3.05, 3.63) is 53.1 Å². The Morgan fingerprint density at radius 3 is 2.39 bits per heavy atom. The van der Waals surface area contributed by atoms with Crippen LogP contribution in [0.3, 0.4) is 0 Å². The van der Waals surface area contributed by atoms with Gasteiger partial charge in [0.2, 0.25) is 0 Å². The molecule has 2 aromatic carbocycles. The SMILES string of the molecule is Cc1cccc(C)c1-c1ccc(N)c(CC=O)c1. The monoisotopic (exact) mass is 239 g/mol. The van der Waals surface area contributed by atoms with Crippen molar-refractivity contribution >= 4 is 12.0 Å². The van der Waals surface area contributed by atoms with Crippen LogP contribution in [-0.4, -0.2) is 6.29 Å². The van der Waals surface area contributed by atoms with Crippen molar-refractivity contribution in [2.75, 3.05) is 5.73 Å². The molecule has 0 heterocycles. The van der Waals surface area contributed by atoms with Gasteiger partial charge in [-0.3, -0.25) is 0 Å². The topological polar surface area (TPSA) is 43.1 Å². The zero-order valence-electron chi connectivity index (χ0n) is 10.7. The van der Waals surface area contributed by atoms with E-state index >= 15 is 0 Å². The molecule has 92 valence electrons. The van der Waals surface area contributed by atoms with Crippen LogP contribution in [0.25, 0.3) is 11.1 Å². The first kappa shape index (κ1) is 12.4. The van der Waals surface area contributed by atoms with E-state index in [1.54, 1.807) is 0 Å². The molecule has 0 unspecified atom stereocenters. The minimum atomic E-state index is 0.366. The Morgan fingerprint density at radius 2 is 1.78 bits per heavy atom. The summed E-state index contributed by atoms with van der Waals surface area (Å²) >= 11 is 0. The van der Waals surface area contributed by atoms with Gasteiger partial charge in [0.1, 0.15) is 6.29 Å². The Morgan fingerprint density at radius 1 is 1.11 bits per heavy atom. The fraction of sp³-hybridized carbons (Fsp3) is 0.188. The number of aldehydes is 1. The van der Waals surface area contributed by atoms with Gasteiger partial charge in [0.25, 0.3) is 0 Å². The molecule has 2 N–H and O–H groups in total. The summed E-state index contributed by atoms with van der Waals surface area (Å²) in [4.78, 5) is 10.7. The zero-order chi connectivity index (χ0) is 13.1. The largest absolute Gasteiger partial charge is 0.398 e. The molecule has 2 rings (SSSR count). The third kappa shape index (κ3) is 2.28. The van der Waals surface area contributed by atoms with Crippen molar-refractivity contribution in [2.24, 2.45) is 0 Å². The highest BCUT2D eigenvalue weighted by molar-refractivity contribution is 5.74. The molecule has 0 radical (unpaired) electrons. The smallest absolute Gasteiger partial charge is 0.124 e. The molecule has 0 fully saturated rings. The van der Waals surface area contributed by atoms with Crippen LogP contribution in [-0.2, 0) is 11.2 Å². The van der Waals surface area contributed by atoms with E-state index < -0.39 is 0 Å². The fourth-order valence-corrected chi connectivity index (χ4v) is 2.30. The Labute approximate surface area is 107 Å². The van der Waals surface area contributed by atoms with Crippen LogP contribution in [0.2, 0.25) is 0 Å². The van der Waals surface area contributed by atoms with Crippen LogP contribution < -0.4 is 5.73 Å². The number of hydrogen-bond acceptors (Lipinski definition) is 2. The van der Waals surface area contributed by atoms with Gasteiger partial charge in [0.15, 0.2) is 0 Å². The van der Waals surface area contributed by atoms with Crippen molar-refractivity contribution in [1.29, 1.82) is 0 Å². The molecule has 0 aromatic heterocycles. The van der Waals surface area contributed by atoms with Crippen LogP contribution in [0.15, 0.2) is 36.4 Å². The predicted octanol–water partition coefficient (Wildman–Crippen LogP) is 3.29. The maximum Gasteiger partial charge on any atom is 0.124 e. The second-order valence-electron chi connectivity index (χ2n) is 4.55. The number of nitrogens with two attached hydrogens (primary N) is 1. The minimum absolute atomic E-state index is 0.366. The number of aryl methyl sites for hydroxylation is 2. The number of hydrogen-bond donors (Lipinski definition) is 1. The number of benzene rings is 2. The average Bonchev–Trinajstić information content (AvgIpc) is 2.33. The van der Waals surface area contributed by atoms with Gasteiger partial charge in [-0.1, -0.05) is 24.3 Å². The Bertz CT molecular complexity index is 567. The van der Waals surface area contributed by atoms with Crippen molar-refractivity contribution in [2.45, 2.75) is 20.3 Å². The molecule has 0 aliphatic rings. The van der Waals surface area contributed by atoms with Crippen molar-refractivity contribution in [1.82, 2.24) is 0 Å². The lowest BCUT2D eigenvalue weighted by Gasteiger charge is -2.12. The van der Waals surface area contributed by atoms with E-state index in [2.05, 4.69) is 32.0 Å². The van der Waals surface area contributed by atoms with Crippen molar-refractivity contribution in [3.8, 4) is 11.1 Å². The molecular formula is C16H17NO. The van der Waals surface area contributed by atoms with Crippen LogP contribution in [0.5, 0.6) is 0 Å². The molecule has 0 amide bonds. The number of nitrogen functional groups attached to an aromatic ring is 1. The fourth-order valence-electron chi connectivity index (χ4n) is 2.30. The summed E-state index contributed by atoms with van der Waals surface area (Å²) in [7, 11) is 0. The van der Waals surface area contributed by atoms with Gasteiger partial charge in [0.05, 0.1) is 0 Å². The predicted molar refractivity (Wildman–Crippen MR) is 75.5 cm³/mol. The Kier molecular flexibility index (Phi) is 3.47. The maximum atomic E-state index is 10.7. The van der Waals surface area contributed by atoms with Gasteiger partial charge in [-0.2, -0.15) is 0 Å². The van der Waals surface area contributed by atoms with Gasteiger partial charge in [0, 0.05) is 12.1 Å². The van der Waals surface area contributed by atoms with E-state index in [0.717, 1.165) is 17.4 Å². The third-order valence-corrected chi connectivity index (χ3v) is 3.22. The minimum Gasteiger partial charge on any atom is -0.398 e. The molecule has 0 aliphatic carbocycles. The Balaban J connectivity index is 2.57. The molecular weight excluding hydrogens is 222 g/mol. The van der Waals surface area contributed by atoms with Crippen LogP contribution >= 0.6 is 0 Å². The van der Waals surface area contributed by atoms with Gasteiger partial charge < -0.3 is 10.5 Å². The van der Waals surface area contributed by atoms with Crippen molar-refractivity contribution in [3.63, 3.8) is 0 Å². The van der Waals surface area contributed by atoms with Gasteiger partial charge >= 0.3 is 0 Å². The molecule has 0 aliphatic heterocycles. The van der Waals surface area contributed by atoms with E-state index in [9.17, 15) is 4.79 Å². The highest BCUT2D eigenvalue weighted by Gasteiger charge is 2.07. The lowest BCUT2D eigenvalue weighted by molar-refractivity contribution is -0.107. The lowest BCUT2D eigenvalue weighted by Crippen LogP contribution is -1.97. The lowest BCUT2D eigenvalue weighted by atomic mass is 9.94. The highest BCUT2D eigenvalue weighted by Crippen LogP contribution is 2.29. The van der Waals surface area contributed by atoms with Crippen molar-refractivity contribution < 1.29 is 4.79 Å². The van der Waals surface area contributed by atoms with Gasteiger partial charge in [-0.15, -0.1) is 0 Å². The summed E-state index contributed by atoms with van der Waals surface area (Å²) in [6.45, 7) is 4.19. The summed E-state index contributed by atoms with van der Waals surface area (Å²) < 4.78 is 0. The van der Waals surface area contributed by atoms with E-state index in [4.69, 9.17) is 5.73 Å². The molecule has 2 aromatic rings. The number of anilines is 1. The molecule has 2 heteroatoms. The van der Waals surface area contributed by atoms with Gasteiger partial charge in [-0.05, 0) is 53.8 Å². The third-order valence-electron chi connectivity index (χ3n) is 3.22. The highest BCUT2D eigenvalue weighted by atomic mass is 16.1. The summed E-state index contributed by atoms with van der Waals surface area (Å²) in [5.41, 5.74) is 12.3. The second kappa shape index (κ2) is 5.05. The number of carbonyl (C=O) groups excluding carboxylic acids is 1. The van der Waals surface area contributed by atoms with E-state index in [1.807, 2.05) is 18.2 Å². The second-order valence-corrected chi connectivity index (χ2v) is 4.55. The molecule has 0 atom stereocenters. The average molecular weight is 239 g/mol. The summed E-state index contributed by atoms with van der Waals surface area (Å²) in [6.07, 6.45) is 1.25. The molecule has 0 spiro atoms. The maximum absolute atomic E-state index is 10.7. The van der Waals surface area contributed by atoms with Gasteiger partial charge in [-0.25, -0.2) is 0 Å². The van der Waals surface area contributed by atoms with Crippen LogP contribution in [0.4, 0.5) is 5.69 Å². The molecule has 0 bridgehead atoms. The van der Waals surface area contributed by atoms with Crippen LogP contribution in [0, 0.1) is 13.8 Å². The summed E-state index contributed by atoms with van der Waals surface area (Å²) in [6, 6.07) is 12.1. The Hall–Kier alpha value is -2.09. The molecule has 0 saturated heterocycles. The van der Waals surface area contributed by atoms with E-state index in [-0.39, 0.29) is 0 Å². The zero-order valence-corrected chi connectivity index (χ0v) is 10.7. The first-order valence-corrected chi connectivity index (χ1v) is 6.02. The summed E-state index contributed by atoms with van der Waals surface area (Å²) in [5.74, 6) is 0. The molecule has 2 nitrogen and oxygen atoms in total. The van der Waals surface area contributed by atoms with E-state index in [0.29, 0.717) is 12.1 Å².